The van der Waals surface area contributed by atoms with E-state index in [2.05, 4.69) is 5.10 Å². The molecule has 0 atom stereocenters. The molecule has 0 amide bonds. The molecule has 0 unspecified atom stereocenters. The van der Waals surface area contributed by atoms with Crippen molar-refractivity contribution in [2.45, 2.75) is 5.88 Å². The molecule has 3 nitrogen and oxygen atoms in total. The predicted molar refractivity (Wildman–Crippen MR) is 64.3 cm³/mol. The van der Waals surface area contributed by atoms with Crippen molar-refractivity contribution in [3.8, 4) is 11.5 Å². The second kappa shape index (κ2) is 4.76. The predicted octanol–water partition coefficient (Wildman–Crippen LogP) is 3.60. The van der Waals surface area contributed by atoms with Crippen molar-refractivity contribution in [2.75, 3.05) is 0 Å². The van der Waals surface area contributed by atoms with Crippen molar-refractivity contribution in [3.05, 3.63) is 41.2 Å². The van der Waals surface area contributed by atoms with Gasteiger partial charge in [-0.3, -0.25) is 4.68 Å². The van der Waals surface area contributed by atoms with Crippen LogP contribution in [0, 0.1) is 0 Å². The molecule has 0 aliphatic heterocycles. The lowest BCUT2D eigenvalue weighted by Gasteiger charge is -2.05. The summed E-state index contributed by atoms with van der Waals surface area (Å²) in [4.78, 5) is 0. The summed E-state index contributed by atoms with van der Waals surface area (Å²) in [6.07, 6.45) is 3.40. The summed E-state index contributed by atoms with van der Waals surface area (Å²) in [6, 6.07) is 5.47. The second-order valence-corrected chi connectivity index (χ2v) is 4.02. The zero-order valence-corrected chi connectivity index (χ0v) is 10.2. The molecule has 1 aromatic heterocycles. The standard InChI is InChI=1S/C11H10Cl2N2O/c1-15-7-9(6-14-15)16-11-3-2-8(5-12)4-10(11)13/h2-4,6-7H,5H2,1H3. The van der Waals surface area contributed by atoms with Gasteiger partial charge in [0.25, 0.3) is 0 Å². The smallest absolute Gasteiger partial charge is 0.165 e. The van der Waals surface area contributed by atoms with Gasteiger partial charge >= 0.3 is 0 Å². The molecule has 0 aliphatic carbocycles. The van der Waals surface area contributed by atoms with Crippen LogP contribution in [-0.4, -0.2) is 9.78 Å². The number of aromatic nitrogens is 2. The average Bonchev–Trinajstić information content (AvgIpc) is 2.67. The molecular weight excluding hydrogens is 247 g/mol. The van der Waals surface area contributed by atoms with Crippen LogP contribution in [0.3, 0.4) is 0 Å². The number of nitrogens with zero attached hydrogens (tertiary/aromatic N) is 2. The minimum absolute atomic E-state index is 0.437. The van der Waals surface area contributed by atoms with Crippen LogP contribution < -0.4 is 4.74 Å². The van der Waals surface area contributed by atoms with E-state index >= 15 is 0 Å². The van der Waals surface area contributed by atoms with Crippen molar-refractivity contribution in [2.24, 2.45) is 7.05 Å². The van der Waals surface area contributed by atoms with Gasteiger partial charge in [0.05, 0.1) is 17.4 Å². The summed E-state index contributed by atoms with van der Waals surface area (Å²) in [6.45, 7) is 0. The molecule has 0 aliphatic rings. The first-order valence-corrected chi connectivity index (χ1v) is 5.61. The molecule has 0 N–H and O–H groups in total. The van der Waals surface area contributed by atoms with Gasteiger partial charge < -0.3 is 4.74 Å². The molecular formula is C11H10Cl2N2O. The Morgan fingerprint density at radius 3 is 2.81 bits per heavy atom. The molecule has 2 rings (SSSR count). The van der Waals surface area contributed by atoms with Gasteiger partial charge in [-0.25, -0.2) is 0 Å². The highest BCUT2D eigenvalue weighted by atomic mass is 35.5. The number of hydrogen-bond donors (Lipinski definition) is 0. The molecule has 2 aromatic rings. The fraction of sp³-hybridized carbons (Fsp3) is 0.182. The first-order valence-electron chi connectivity index (χ1n) is 4.70. The first kappa shape index (κ1) is 11.3. The fourth-order valence-corrected chi connectivity index (χ4v) is 1.70. The fourth-order valence-electron chi connectivity index (χ4n) is 1.29. The topological polar surface area (TPSA) is 27.1 Å². The normalized spacial score (nSPS) is 10.4. The number of alkyl halides is 1. The van der Waals surface area contributed by atoms with E-state index in [4.69, 9.17) is 27.9 Å². The van der Waals surface area contributed by atoms with E-state index in [-0.39, 0.29) is 0 Å². The highest BCUT2D eigenvalue weighted by Gasteiger charge is 2.05. The molecule has 84 valence electrons. The molecule has 5 heteroatoms. The lowest BCUT2D eigenvalue weighted by atomic mass is 10.2. The summed E-state index contributed by atoms with van der Waals surface area (Å²) in [5.74, 6) is 1.69. The zero-order chi connectivity index (χ0) is 11.5. The average molecular weight is 257 g/mol. The third-order valence-corrected chi connectivity index (χ3v) is 2.66. The number of rotatable bonds is 3. The zero-order valence-electron chi connectivity index (χ0n) is 8.65. The lowest BCUT2D eigenvalue weighted by molar-refractivity contribution is 0.482. The van der Waals surface area contributed by atoms with E-state index in [0.717, 1.165) is 5.56 Å². The Kier molecular flexibility index (Phi) is 3.36. The summed E-state index contributed by atoms with van der Waals surface area (Å²) in [5, 5.41) is 4.55. The molecule has 16 heavy (non-hydrogen) atoms. The van der Waals surface area contributed by atoms with Crippen LogP contribution in [0.15, 0.2) is 30.6 Å². The Morgan fingerprint density at radius 2 is 2.25 bits per heavy atom. The van der Waals surface area contributed by atoms with Crippen LogP contribution in [-0.2, 0) is 12.9 Å². The van der Waals surface area contributed by atoms with Crippen molar-refractivity contribution >= 4 is 23.2 Å². The van der Waals surface area contributed by atoms with Gasteiger partial charge in [0.1, 0.15) is 5.75 Å². The summed E-state index contributed by atoms with van der Waals surface area (Å²) < 4.78 is 7.23. The van der Waals surface area contributed by atoms with Crippen molar-refractivity contribution in [1.29, 1.82) is 0 Å². The lowest BCUT2D eigenvalue weighted by Crippen LogP contribution is -1.86. The Labute approximate surface area is 104 Å². The van der Waals surface area contributed by atoms with Gasteiger partial charge in [0, 0.05) is 12.9 Å². The van der Waals surface area contributed by atoms with E-state index in [1.54, 1.807) is 29.2 Å². The Bertz CT molecular complexity index is 496. The number of benzene rings is 1. The number of hydrogen-bond acceptors (Lipinski definition) is 2. The van der Waals surface area contributed by atoms with E-state index in [1.165, 1.54) is 0 Å². The number of aryl methyl sites for hydroxylation is 1. The third kappa shape index (κ3) is 2.49. The minimum Gasteiger partial charge on any atom is -0.452 e. The maximum atomic E-state index is 6.05. The first-order chi connectivity index (χ1) is 7.69. The maximum Gasteiger partial charge on any atom is 0.165 e. The van der Waals surface area contributed by atoms with Crippen molar-refractivity contribution < 1.29 is 4.74 Å². The van der Waals surface area contributed by atoms with Gasteiger partial charge in [-0.15, -0.1) is 11.6 Å². The van der Waals surface area contributed by atoms with Crippen molar-refractivity contribution in [1.82, 2.24) is 9.78 Å². The van der Waals surface area contributed by atoms with Gasteiger partial charge in [0.15, 0.2) is 5.75 Å². The third-order valence-electron chi connectivity index (χ3n) is 2.06. The van der Waals surface area contributed by atoms with Gasteiger partial charge in [-0.05, 0) is 17.7 Å². The largest absolute Gasteiger partial charge is 0.452 e. The van der Waals surface area contributed by atoms with Crippen LogP contribution in [0.25, 0.3) is 0 Å². The second-order valence-electron chi connectivity index (χ2n) is 3.35. The summed E-state index contributed by atoms with van der Waals surface area (Å²) >= 11 is 11.8. The summed E-state index contributed by atoms with van der Waals surface area (Å²) in [7, 11) is 1.82. The van der Waals surface area contributed by atoms with Crippen LogP contribution in [0.5, 0.6) is 11.5 Å². The molecule has 0 saturated heterocycles. The SMILES string of the molecule is Cn1cc(Oc2ccc(CCl)cc2Cl)cn1. The van der Waals surface area contributed by atoms with Crippen LogP contribution in [0.4, 0.5) is 0 Å². The van der Waals surface area contributed by atoms with Gasteiger partial charge in [0.2, 0.25) is 0 Å². The maximum absolute atomic E-state index is 6.05. The van der Waals surface area contributed by atoms with E-state index in [1.807, 2.05) is 13.1 Å². The molecule has 1 aromatic carbocycles. The molecule has 0 radical (unpaired) electrons. The minimum atomic E-state index is 0.437. The van der Waals surface area contributed by atoms with Crippen molar-refractivity contribution in [3.63, 3.8) is 0 Å². The molecule has 0 bridgehead atoms. The number of ether oxygens (including phenoxy) is 1. The number of halogens is 2. The highest BCUT2D eigenvalue weighted by molar-refractivity contribution is 6.32. The molecule has 0 spiro atoms. The Hall–Kier alpha value is -1.19. The van der Waals surface area contributed by atoms with Crippen LogP contribution in [0.1, 0.15) is 5.56 Å². The quantitative estimate of drug-likeness (QED) is 0.785. The van der Waals surface area contributed by atoms with E-state index in [0.29, 0.717) is 22.4 Å². The highest BCUT2D eigenvalue weighted by Crippen LogP contribution is 2.30. The molecule has 0 fully saturated rings. The van der Waals surface area contributed by atoms with Gasteiger partial charge in [-0.2, -0.15) is 5.10 Å². The van der Waals surface area contributed by atoms with Crippen LogP contribution in [0.2, 0.25) is 5.02 Å². The Balaban J connectivity index is 2.21. The van der Waals surface area contributed by atoms with E-state index < -0.39 is 0 Å². The molecule has 1 heterocycles. The summed E-state index contributed by atoms with van der Waals surface area (Å²) in [5.41, 5.74) is 0.963. The monoisotopic (exact) mass is 256 g/mol. The Morgan fingerprint density at radius 1 is 1.44 bits per heavy atom. The molecule has 0 saturated carbocycles. The van der Waals surface area contributed by atoms with Crippen LogP contribution >= 0.6 is 23.2 Å². The van der Waals surface area contributed by atoms with Gasteiger partial charge in [-0.1, -0.05) is 17.7 Å². The van der Waals surface area contributed by atoms with E-state index in [9.17, 15) is 0 Å².